The zero-order valence-corrected chi connectivity index (χ0v) is 16.9. The van der Waals surface area contributed by atoms with E-state index in [-0.39, 0.29) is 5.41 Å². The van der Waals surface area contributed by atoms with Crippen molar-refractivity contribution in [3.05, 3.63) is 90.0 Å². The minimum absolute atomic E-state index is 0.00450. The van der Waals surface area contributed by atoms with E-state index in [1.165, 1.54) is 17.0 Å². The van der Waals surface area contributed by atoms with Crippen LogP contribution in [0.15, 0.2) is 73.1 Å². The molecule has 0 aliphatic carbocycles. The lowest BCUT2D eigenvalue weighted by atomic mass is 9.66. The number of imidazole rings is 1. The summed E-state index contributed by atoms with van der Waals surface area (Å²) >= 11 is 0. The largest absolute Gasteiger partial charge is 0.335 e. The van der Waals surface area contributed by atoms with Crippen molar-refractivity contribution in [1.82, 2.24) is 9.55 Å². The van der Waals surface area contributed by atoms with Crippen LogP contribution < -0.4 is 0 Å². The Balaban J connectivity index is 2.09. The van der Waals surface area contributed by atoms with Crippen molar-refractivity contribution in [1.29, 1.82) is 0 Å². The molecule has 142 valence electrons. The second-order valence-electron chi connectivity index (χ2n) is 7.77. The first kappa shape index (κ1) is 19.4. The van der Waals surface area contributed by atoms with Crippen LogP contribution in [0, 0.1) is 0 Å². The molecule has 3 aromatic rings. The average molecular weight is 361 g/mol. The molecule has 0 bridgehead atoms. The van der Waals surface area contributed by atoms with E-state index in [9.17, 15) is 0 Å². The molecule has 2 unspecified atom stereocenters. The van der Waals surface area contributed by atoms with Crippen LogP contribution in [0.1, 0.15) is 62.9 Å². The van der Waals surface area contributed by atoms with E-state index < -0.39 is 0 Å². The van der Waals surface area contributed by atoms with E-state index in [0.717, 1.165) is 32.2 Å². The normalized spacial score (nSPS) is 14.6. The second kappa shape index (κ2) is 9.03. The Labute approximate surface area is 164 Å². The van der Waals surface area contributed by atoms with Gasteiger partial charge in [-0.05, 0) is 30.4 Å². The summed E-state index contributed by atoms with van der Waals surface area (Å²) in [5.74, 6) is 1.62. The molecule has 3 rings (SSSR count). The summed E-state index contributed by atoms with van der Waals surface area (Å²) in [6, 6.07) is 21.9. The number of aromatic nitrogens is 2. The molecule has 0 radical (unpaired) electrons. The fourth-order valence-electron chi connectivity index (χ4n) is 4.35. The zero-order chi connectivity index (χ0) is 19.1. The minimum atomic E-state index is -0.00450. The van der Waals surface area contributed by atoms with Gasteiger partial charge in [-0.1, -0.05) is 87.9 Å². The predicted molar refractivity (Wildman–Crippen MR) is 114 cm³/mol. The van der Waals surface area contributed by atoms with Crippen LogP contribution in [0.2, 0.25) is 0 Å². The highest BCUT2D eigenvalue weighted by Crippen LogP contribution is 2.43. The van der Waals surface area contributed by atoms with Gasteiger partial charge in [0.05, 0.1) is 0 Å². The van der Waals surface area contributed by atoms with Crippen molar-refractivity contribution in [2.75, 3.05) is 0 Å². The third-order valence-corrected chi connectivity index (χ3v) is 5.72. The zero-order valence-electron chi connectivity index (χ0n) is 16.9. The number of nitrogens with zero attached hydrogens (tertiary/aromatic N) is 2. The minimum Gasteiger partial charge on any atom is -0.335 e. The van der Waals surface area contributed by atoms with Gasteiger partial charge in [0.2, 0.25) is 0 Å². The molecular weight excluding hydrogens is 328 g/mol. The van der Waals surface area contributed by atoms with Gasteiger partial charge in [0.1, 0.15) is 5.82 Å². The number of aryl methyl sites for hydroxylation is 1. The molecule has 2 aromatic carbocycles. The summed E-state index contributed by atoms with van der Waals surface area (Å²) in [7, 11) is 0. The first-order chi connectivity index (χ1) is 13.2. The lowest BCUT2D eigenvalue weighted by Gasteiger charge is -2.39. The van der Waals surface area contributed by atoms with Crippen molar-refractivity contribution in [3.63, 3.8) is 0 Å². The summed E-state index contributed by atoms with van der Waals surface area (Å²) in [5, 5.41) is 0. The highest BCUT2D eigenvalue weighted by atomic mass is 15.1. The Kier molecular flexibility index (Phi) is 6.49. The molecule has 0 aliphatic heterocycles. The van der Waals surface area contributed by atoms with Crippen molar-refractivity contribution in [2.24, 2.45) is 0 Å². The molecule has 27 heavy (non-hydrogen) atoms. The summed E-state index contributed by atoms with van der Waals surface area (Å²) in [6.45, 7) is 7.99. The fourth-order valence-corrected chi connectivity index (χ4v) is 4.35. The highest BCUT2D eigenvalue weighted by molar-refractivity contribution is 5.33. The molecule has 0 spiro atoms. The van der Waals surface area contributed by atoms with Gasteiger partial charge in [-0.2, -0.15) is 0 Å². The monoisotopic (exact) mass is 360 g/mol. The number of benzene rings is 2. The third kappa shape index (κ3) is 4.32. The van der Waals surface area contributed by atoms with E-state index >= 15 is 0 Å². The van der Waals surface area contributed by atoms with Gasteiger partial charge < -0.3 is 4.57 Å². The van der Waals surface area contributed by atoms with Gasteiger partial charge in [0.25, 0.3) is 0 Å². The summed E-state index contributed by atoms with van der Waals surface area (Å²) in [4.78, 5) is 4.85. The van der Waals surface area contributed by atoms with Crippen LogP contribution in [-0.4, -0.2) is 9.55 Å². The molecule has 2 heteroatoms. The van der Waals surface area contributed by atoms with E-state index in [1.807, 2.05) is 6.20 Å². The lowest BCUT2D eigenvalue weighted by Crippen LogP contribution is -2.35. The molecule has 0 saturated carbocycles. The average Bonchev–Trinajstić information content (AvgIpc) is 3.15. The van der Waals surface area contributed by atoms with Gasteiger partial charge in [-0.25, -0.2) is 4.98 Å². The Hall–Kier alpha value is -2.35. The Bertz CT molecular complexity index is 807. The van der Waals surface area contributed by atoms with Gasteiger partial charge in [0, 0.05) is 30.3 Å². The van der Waals surface area contributed by atoms with Crippen LogP contribution >= 0.6 is 0 Å². The smallest absolute Gasteiger partial charge is 0.112 e. The molecule has 2 atom stereocenters. The fraction of sp³-hybridized carbons (Fsp3) is 0.400. The van der Waals surface area contributed by atoms with Crippen LogP contribution in [0.25, 0.3) is 0 Å². The summed E-state index contributed by atoms with van der Waals surface area (Å²) in [6.07, 6.45) is 8.56. The molecule has 0 saturated heterocycles. The maximum atomic E-state index is 4.85. The Morgan fingerprint density at radius 1 is 0.926 bits per heavy atom. The quantitative estimate of drug-likeness (QED) is 0.433. The van der Waals surface area contributed by atoms with E-state index in [2.05, 4.69) is 92.2 Å². The van der Waals surface area contributed by atoms with Crippen molar-refractivity contribution >= 4 is 0 Å². The number of hydrogen-bond donors (Lipinski definition) is 0. The number of hydrogen-bond acceptors (Lipinski definition) is 1. The first-order valence-electron chi connectivity index (χ1n) is 10.3. The maximum absolute atomic E-state index is 4.85. The highest BCUT2D eigenvalue weighted by Gasteiger charge is 2.38. The van der Waals surface area contributed by atoms with E-state index in [4.69, 9.17) is 4.98 Å². The summed E-state index contributed by atoms with van der Waals surface area (Å²) < 4.78 is 2.37. The Morgan fingerprint density at radius 3 is 2.22 bits per heavy atom. The van der Waals surface area contributed by atoms with Crippen molar-refractivity contribution in [3.8, 4) is 0 Å². The molecule has 0 N–H and O–H groups in total. The molecule has 1 heterocycles. The third-order valence-electron chi connectivity index (χ3n) is 5.72. The van der Waals surface area contributed by atoms with Crippen LogP contribution in [-0.2, 0) is 18.4 Å². The molecule has 0 aliphatic rings. The SMILES string of the molecule is CCCC(c1nccn1CCC)C(C)(Cc1ccccc1)c1ccccc1. The van der Waals surface area contributed by atoms with Gasteiger partial charge in [-0.15, -0.1) is 0 Å². The first-order valence-corrected chi connectivity index (χ1v) is 10.3. The van der Waals surface area contributed by atoms with Crippen LogP contribution in [0.3, 0.4) is 0 Å². The second-order valence-corrected chi connectivity index (χ2v) is 7.77. The summed E-state index contributed by atoms with van der Waals surface area (Å²) in [5.41, 5.74) is 2.78. The maximum Gasteiger partial charge on any atom is 0.112 e. The standard InChI is InChI=1S/C25H32N2/c1-4-12-23(24-26-17-19-27(24)18-5-2)25(3,22-15-10-7-11-16-22)20-21-13-8-6-9-14-21/h6-11,13-17,19,23H,4-5,12,18,20H2,1-3H3. The Morgan fingerprint density at radius 2 is 1.59 bits per heavy atom. The topological polar surface area (TPSA) is 17.8 Å². The van der Waals surface area contributed by atoms with Crippen LogP contribution in [0.5, 0.6) is 0 Å². The molecule has 0 fully saturated rings. The van der Waals surface area contributed by atoms with Gasteiger partial charge in [0.15, 0.2) is 0 Å². The predicted octanol–water partition coefficient (Wildman–Crippen LogP) is 6.38. The molecule has 0 amide bonds. The van der Waals surface area contributed by atoms with Crippen LogP contribution in [0.4, 0.5) is 0 Å². The molecule has 1 aromatic heterocycles. The molecular formula is C25H32N2. The number of rotatable bonds is 9. The van der Waals surface area contributed by atoms with Crippen molar-refractivity contribution < 1.29 is 0 Å². The van der Waals surface area contributed by atoms with Crippen molar-refractivity contribution in [2.45, 2.75) is 64.3 Å². The van der Waals surface area contributed by atoms with Gasteiger partial charge in [-0.3, -0.25) is 0 Å². The van der Waals surface area contributed by atoms with E-state index in [1.54, 1.807) is 0 Å². The van der Waals surface area contributed by atoms with E-state index in [0.29, 0.717) is 5.92 Å². The lowest BCUT2D eigenvalue weighted by molar-refractivity contribution is 0.329. The molecule has 2 nitrogen and oxygen atoms in total. The van der Waals surface area contributed by atoms with Gasteiger partial charge >= 0.3 is 0 Å².